The van der Waals surface area contributed by atoms with E-state index in [1.165, 1.54) is 12.7 Å². The van der Waals surface area contributed by atoms with E-state index in [9.17, 15) is 4.79 Å². The fourth-order valence-corrected chi connectivity index (χ4v) is 4.49. The van der Waals surface area contributed by atoms with Gasteiger partial charge in [0.1, 0.15) is 11.9 Å². The largest absolute Gasteiger partial charge is 0.487 e. The van der Waals surface area contributed by atoms with Crippen molar-refractivity contribution >= 4 is 7.12 Å². The Bertz CT molecular complexity index is 917. The van der Waals surface area contributed by atoms with E-state index in [-0.39, 0.29) is 47.8 Å². The number of ether oxygens (including phenoxy) is 3. The highest BCUT2D eigenvalue weighted by atomic mass is 16.7. The molecule has 3 atom stereocenters. The highest BCUT2D eigenvalue weighted by molar-refractivity contribution is 6.51. The summed E-state index contributed by atoms with van der Waals surface area (Å²) < 4.78 is 35.4. The minimum Gasteiger partial charge on any atom is -0.468 e. The second-order valence-electron chi connectivity index (χ2n) is 9.86. The standard InChI is InChI=1S/C23H33BO7/c1-13-19(25)14(2)21(26-7)29-20(13)18-9-16(12-28-18)17-8-15(11-27-17)10-24-30-22(3,4)23(5,6)31-24/h10,16-18H,8-9,11-12H2,1-7H3/b15-10-/t16?,17-,18-/m1/s1. The maximum Gasteiger partial charge on any atom is 0.487 e. The second kappa shape index (κ2) is 8.07. The molecule has 3 aliphatic rings. The van der Waals surface area contributed by atoms with Crippen molar-refractivity contribution in [1.29, 1.82) is 0 Å². The molecule has 0 bridgehead atoms. The predicted molar refractivity (Wildman–Crippen MR) is 116 cm³/mol. The molecular formula is C23H33BO7. The summed E-state index contributed by atoms with van der Waals surface area (Å²) >= 11 is 0. The van der Waals surface area contributed by atoms with Crippen LogP contribution in [0.1, 0.15) is 63.5 Å². The Morgan fingerprint density at radius 3 is 2.39 bits per heavy atom. The minimum atomic E-state index is -0.355. The van der Waals surface area contributed by atoms with Gasteiger partial charge in [-0.05, 0) is 60.0 Å². The first-order chi connectivity index (χ1) is 14.5. The quantitative estimate of drug-likeness (QED) is 0.672. The van der Waals surface area contributed by atoms with Crippen LogP contribution >= 0.6 is 0 Å². The molecule has 170 valence electrons. The summed E-state index contributed by atoms with van der Waals surface area (Å²) in [7, 11) is 1.15. The van der Waals surface area contributed by atoms with Crippen molar-refractivity contribution in [3.05, 3.63) is 38.7 Å². The molecule has 0 spiro atoms. The third kappa shape index (κ3) is 4.11. The van der Waals surface area contributed by atoms with Crippen LogP contribution in [0.4, 0.5) is 0 Å². The van der Waals surface area contributed by atoms with E-state index in [1.807, 2.05) is 0 Å². The van der Waals surface area contributed by atoms with Crippen molar-refractivity contribution in [3.8, 4) is 5.95 Å². The van der Waals surface area contributed by atoms with Crippen LogP contribution in [0, 0.1) is 19.8 Å². The molecule has 0 N–H and O–H groups in total. The van der Waals surface area contributed by atoms with E-state index >= 15 is 0 Å². The average Bonchev–Trinajstić information content (AvgIpc) is 3.39. The smallest absolute Gasteiger partial charge is 0.468 e. The Hall–Kier alpha value is -1.61. The first-order valence-electron chi connectivity index (χ1n) is 11.0. The molecule has 4 rings (SSSR count). The van der Waals surface area contributed by atoms with Crippen molar-refractivity contribution in [1.82, 2.24) is 0 Å². The number of methoxy groups -OCH3 is 1. The van der Waals surface area contributed by atoms with Crippen LogP contribution in [0.5, 0.6) is 5.95 Å². The van der Waals surface area contributed by atoms with Gasteiger partial charge in [-0.1, -0.05) is 5.98 Å². The fraction of sp³-hybridized carbons (Fsp3) is 0.696. The van der Waals surface area contributed by atoms with Crippen LogP contribution in [0.2, 0.25) is 0 Å². The van der Waals surface area contributed by atoms with Crippen molar-refractivity contribution in [2.75, 3.05) is 20.3 Å². The van der Waals surface area contributed by atoms with Gasteiger partial charge in [-0.2, -0.15) is 0 Å². The first kappa shape index (κ1) is 22.6. The fourth-order valence-electron chi connectivity index (χ4n) is 4.49. The molecule has 3 aliphatic heterocycles. The van der Waals surface area contributed by atoms with Gasteiger partial charge in [0.2, 0.25) is 0 Å². The molecule has 31 heavy (non-hydrogen) atoms. The topological polar surface area (TPSA) is 76.4 Å². The first-order valence-corrected chi connectivity index (χ1v) is 11.0. The Morgan fingerprint density at radius 1 is 1.06 bits per heavy atom. The zero-order valence-corrected chi connectivity index (χ0v) is 19.6. The lowest BCUT2D eigenvalue weighted by atomic mass is 9.85. The zero-order valence-electron chi connectivity index (χ0n) is 19.6. The molecule has 0 aliphatic carbocycles. The van der Waals surface area contributed by atoms with Gasteiger partial charge in [0.25, 0.3) is 5.95 Å². The molecule has 8 heteroatoms. The SMILES string of the molecule is COc1oc([C@H]2CC([C@H]3C/C(=C/B4OC(C)(C)C(C)(C)O4)CO3)CO2)c(C)c(=O)c1C. The predicted octanol–water partition coefficient (Wildman–Crippen LogP) is 3.69. The molecule has 7 nitrogen and oxygen atoms in total. The van der Waals surface area contributed by atoms with Crippen LogP contribution in [0.15, 0.2) is 20.8 Å². The molecule has 1 unspecified atom stereocenters. The summed E-state index contributed by atoms with van der Waals surface area (Å²) in [5.41, 5.74) is 1.49. The summed E-state index contributed by atoms with van der Waals surface area (Å²) in [5.74, 6) is 3.09. The molecule has 0 aromatic carbocycles. The summed E-state index contributed by atoms with van der Waals surface area (Å²) in [5, 5.41) is 0. The van der Waals surface area contributed by atoms with E-state index in [0.717, 1.165) is 12.8 Å². The maximum absolute atomic E-state index is 12.5. The maximum atomic E-state index is 12.5. The van der Waals surface area contributed by atoms with E-state index in [2.05, 4.69) is 33.7 Å². The Labute approximate surface area is 184 Å². The molecule has 3 fully saturated rings. The van der Waals surface area contributed by atoms with Gasteiger partial charge >= 0.3 is 7.12 Å². The van der Waals surface area contributed by atoms with Crippen LogP contribution in [-0.2, 0) is 18.8 Å². The van der Waals surface area contributed by atoms with Gasteiger partial charge in [0, 0.05) is 11.5 Å². The van der Waals surface area contributed by atoms with E-state index < -0.39 is 0 Å². The lowest BCUT2D eigenvalue weighted by Gasteiger charge is -2.32. The minimum absolute atomic E-state index is 0.0603. The molecular weight excluding hydrogens is 399 g/mol. The monoisotopic (exact) mass is 432 g/mol. The summed E-state index contributed by atoms with van der Waals surface area (Å²) in [4.78, 5) is 12.5. The van der Waals surface area contributed by atoms with E-state index in [4.69, 9.17) is 27.9 Å². The van der Waals surface area contributed by atoms with Crippen molar-refractivity contribution in [3.63, 3.8) is 0 Å². The van der Waals surface area contributed by atoms with Crippen LogP contribution in [0.3, 0.4) is 0 Å². The molecule has 1 aromatic rings. The average molecular weight is 432 g/mol. The van der Waals surface area contributed by atoms with Crippen LogP contribution in [-0.4, -0.2) is 44.7 Å². The summed E-state index contributed by atoms with van der Waals surface area (Å²) in [6.45, 7) is 12.8. The van der Waals surface area contributed by atoms with Gasteiger partial charge in [0.05, 0.1) is 43.2 Å². The number of rotatable bonds is 4. The van der Waals surface area contributed by atoms with Gasteiger partial charge in [-0.25, -0.2) is 0 Å². The number of hydrogen-bond acceptors (Lipinski definition) is 7. The number of hydrogen-bond donors (Lipinski definition) is 0. The van der Waals surface area contributed by atoms with Crippen molar-refractivity contribution < 1.29 is 27.9 Å². The molecule has 1 aromatic heterocycles. The zero-order chi connectivity index (χ0) is 22.6. The Morgan fingerprint density at radius 2 is 1.74 bits per heavy atom. The second-order valence-corrected chi connectivity index (χ2v) is 9.86. The lowest BCUT2D eigenvalue weighted by Crippen LogP contribution is -2.41. The van der Waals surface area contributed by atoms with Crippen LogP contribution in [0.25, 0.3) is 0 Å². The molecule has 0 amide bonds. The molecule has 0 saturated carbocycles. The van der Waals surface area contributed by atoms with Gasteiger partial charge in [-0.3, -0.25) is 4.79 Å². The van der Waals surface area contributed by atoms with E-state index in [1.54, 1.807) is 13.8 Å². The van der Waals surface area contributed by atoms with Crippen molar-refractivity contribution in [2.24, 2.45) is 5.92 Å². The van der Waals surface area contributed by atoms with Gasteiger partial charge in [0.15, 0.2) is 5.43 Å². The highest BCUT2D eigenvalue weighted by Gasteiger charge is 2.50. The molecule has 4 heterocycles. The van der Waals surface area contributed by atoms with Gasteiger partial charge < -0.3 is 27.9 Å². The summed E-state index contributed by atoms with van der Waals surface area (Å²) in [6.07, 6.45) is 1.36. The molecule has 0 radical (unpaired) electrons. The lowest BCUT2D eigenvalue weighted by molar-refractivity contribution is 0.00578. The molecule has 3 saturated heterocycles. The van der Waals surface area contributed by atoms with E-state index in [0.29, 0.717) is 30.1 Å². The van der Waals surface area contributed by atoms with Crippen LogP contribution < -0.4 is 10.2 Å². The van der Waals surface area contributed by atoms with Crippen molar-refractivity contribution in [2.45, 2.75) is 77.8 Å². The summed E-state index contributed by atoms with van der Waals surface area (Å²) in [6, 6.07) is 0. The third-order valence-corrected chi connectivity index (χ3v) is 7.18. The Balaban J connectivity index is 1.41. The Kier molecular flexibility index (Phi) is 5.88. The normalized spacial score (nSPS) is 31.0. The highest BCUT2D eigenvalue weighted by Crippen LogP contribution is 2.41. The van der Waals surface area contributed by atoms with Gasteiger partial charge in [-0.15, -0.1) is 0 Å². The third-order valence-electron chi connectivity index (χ3n) is 7.18.